The molecule has 0 saturated carbocycles. The maximum atomic E-state index is 13.3. The molecule has 4 heteroatoms. The van der Waals surface area contributed by atoms with Crippen LogP contribution in [0, 0.1) is 11.7 Å². The van der Waals surface area contributed by atoms with Crippen LogP contribution in [0.5, 0.6) is 5.75 Å². The van der Waals surface area contributed by atoms with Crippen LogP contribution >= 0.6 is 0 Å². The molecule has 19 heavy (non-hydrogen) atoms. The third kappa shape index (κ3) is 7.13. The van der Waals surface area contributed by atoms with Gasteiger partial charge in [-0.25, -0.2) is 4.39 Å². The normalized spacial score (nSPS) is 11.0. The fourth-order valence-corrected chi connectivity index (χ4v) is 1.65. The Labute approximate surface area is 114 Å². The Hall–Kier alpha value is -1.13. The average Bonchev–Trinajstić information content (AvgIpc) is 2.33. The van der Waals surface area contributed by atoms with Gasteiger partial charge in [0.25, 0.3) is 0 Å². The lowest BCUT2D eigenvalue weighted by Crippen LogP contribution is -2.09. The Kier molecular flexibility index (Phi) is 7.45. The van der Waals surface area contributed by atoms with Crippen LogP contribution in [0.15, 0.2) is 18.2 Å². The molecule has 0 aliphatic carbocycles. The highest BCUT2D eigenvalue weighted by molar-refractivity contribution is 5.29. The molecule has 0 atom stereocenters. The molecule has 108 valence electrons. The van der Waals surface area contributed by atoms with E-state index in [9.17, 15) is 4.39 Å². The van der Waals surface area contributed by atoms with E-state index < -0.39 is 0 Å². The largest absolute Gasteiger partial charge is 0.491 e. The summed E-state index contributed by atoms with van der Waals surface area (Å²) in [5.74, 6) is 0.889. The van der Waals surface area contributed by atoms with Crippen LogP contribution in [0.4, 0.5) is 4.39 Å². The number of halogens is 1. The van der Waals surface area contributed by atoms with E-state index in [0.29, 0.717) is 37.8 Å². The molecule has 0 radical (unpaired) electrons. The van der Waals surface area contributed by atoms with Crippen molar-refractivity contribution in [2.24, 2.45) is 11.7 Å². The van der Waals surface area contributed by atoms with Gasteiger partial charge >= 0.3 is 0 Å². The van der Waals surface area contributed by atoms with Gasteiger partial charge in [0.05, 0.1) is 6.61 Å². The third-order valence-electron chi connectivity index (χ3n) is 2.70. The molecule has 0 aliphatic rings. The summed E-state index contributed by atoms with van der Waals surface area (Å²) < 4.78 is 24.2. The molecular formula is C15H24FNO2. The van der Waals surface area contributed by atoms with E-state index >= 15 is 0 Å². The second-order valence-electron chi connectivity index (χ2n) is 4.98. The number of nitrogens with two attached hydrogens (primary N) is 1. The van der Waals surface area contributed by atoms with Crippen molar-refractivity contribution in [1.82, 2.24) is 0 Å². The van der Waals surface area contributed by atoms with Gasteiger partial charge in [-0.3, -0.25) is 0 Å². The molecule has 0 spiro atoms. The minimum absolute atomic E-state index is 0.290. The molecule has 0 heterocycles. The van der Waals surface area contributed by atoms with Crippen LogP contribution in [0.2, 0.25) is 0 Å². The number of hydrogen-bond acceptors (Lipinski definition) is 3. The second-order valence-corrected chi connectivity index (χ2v) is 4.98. The number of ether oxygens (including phenoxy) is 2. The molecule has 0 amide bonds. The van der Waals surface area contributed by atoms with E-state index in [1.54, 1.807) is 0 Å². The van der Waals surface area contributed by atoms with Gasteiger partial charge in [0.15, 0.2) is 0 Å². The summed E-state index contributed by atoms with van der Waals surface area (Å²) in [5.41, 5.74) is 6.32. The highest BCUT2D eigenvalue weighted by Crippen LogP contribution is 2.16. The number of rotatable bonds is 9. The van der Waals surface area contributed by atoms with Crippen LogP contribution in [-0.2, 0) is 11.2 Å². The minimum Gasteiger partial charge on any atom is -0.491 e. The van der Waals surface area contributed by atoms with Gasteiger partial charge in [-0.15, -0.1) is 0 Å². The highest BCUT2D eigenvalue weighted by Gasteiger charge is 2.02. The van der Waals surface area contributed by atoms with Crippen LogP contribution in [0.25, 0.3) is 0 Å². The number of hydrogen-bond donors (Lipinski definition) is 1. The van der Waals surface area contributed by atoms with Crippen molar-refractivity contribution in [3.63, 3.8) is 0 Å². The van der Waals surface area contributed by atoms with Crippen LogP contribution in [0.1, 0.15) is 25.8 Å². The molecule has 2 N–H and O–H groups in total. The third-order valence-corrected chi connectivity index (χ3v) is 2.70. The smallest absolute Gasteiger partial charge is 0.127 e. The first-order valence-electron chi connectivity index (χ1n) is 6.82. The zero-order valence-electron chi connectivity index (χ0n) is 11.8. The van der Waals surface area contributed by atoms with Crippen molar-refractivity contribution >= 4 is 0 Å². The molecule has 0 unspecified atom stereocenters. The lowest BCUT2D eigenvalue weighted by atomic mass is 10.1. The Morgan fingerprint density at radius 3 is 2.63 bits per heavy atom. The topological polar surface area (TPSA) is 44.5 Å². The summed E-state index contributed by atoms with van der Waals surface area (Å²) in [6, 6.07) is 4.69. The lowest BCUT2D eigenvalue weighted by molar-refractivity contribution is 0.0924. The van der Waals surface area contributed by atoms with Crippen molar-refractivity contribution in [2.75, 3.05) is 26.4 Å². The monoisotopic (exact) mass is 269 g/mol. The van der Waals surface area contributed by atoms with E-state index in [1.165, 1.54) is 12.1 Å². The Balaban J connectivity index is 2.28. The summed E-state index contributed by atoms with van der Waals surface area (Å²) in [4.78, 5) is 0. The van der Waals surface area contributed by atoms with Crippen molar-refractivity contribution < 1.29 is 13.9 Å². The fourth-order valence-electron chi connectivity index (χ4n) is 1.65. The minimum atomic E-state index is -0.290. The molecule has 1 aromatic rings. The van der Waals surface area contributed by atoms with E-state index in [-0.39, 0.29) is 5.82 Å². The van der Waals surface area contributed by atoms with E-state index in [4.69, 9.17) is 15.2 Å². The maximum absolute atomic E-state index is 13.3. The summed E-state index contributed by atoms with van der Waals surface area (Å²) in [6.07, 6.45) is 1.69. The molecule has 0 saturated heterocycles. The van der Waals surface area contributed by atoms with Gasteiger partial charge in [-0.1, -0.05) is 13.8 Å². The van der Waals surface area contributed by atoms with Crippen molar-refractivity contribution in [1.29, 1.82) is 0 Å². The standard InChI is InChI=1S/C15H24FNO2/c1-12(2)4-6-18-7-8-19-15-10-13(3-5-17)9-14(16)11-15/h9-12H,3-8,17H2,1-2H3. The summed E-state index contributed by atoms with van der Waals surface area (Å²) in [5, 5.41) is 0. The predicted molar refractivity (Wildman–Crippen MR) is 74.9 cm³/mol. The van der Waals surface area contributed by atoms with Gasteiger partial charge < -0.3 is 15.2 Å². The molecular weight excluding hydrogens is 245 g/mol. The molecule has 0 aliphatic heterocycles. The predicted octanol–water partition coefficient (Wildman–Crippen LogP) is 2.77. The number of benzene rings is 1. The van der Waals surface area contributed by atoms with E-state index in [0.717, 1.165) is 18.6 Å². The van der Waals surface area contributed by atoms with Gasteiger partial charge in [-0.2, -0.15) is 0 Å². The van der Waals surface area contributed by atoms with Crippen LogP contribution < -0.4 is 10.5 Å². The summed E-state index contributed by atoms with van der Waals surface area (Å²) >= 11 is 0. The zero-order chi connectivity index (χ0) is 14.1. The van der Waals surface area contributed by atoms with E-state index in [1.807, 2.05) is 6.07 Å². The van der Waals surface area contributed by atoms with Crippen molar-refractivity contribution in [3.8, 4) is 5.75 Å². The summed E-state index contributed by atoms with van der Waals surface area (Å²) in [6.45, 7) is 6.51. The Bertz CT molecular complexity index is 369. The Morgan fingerprint density at radius 2 is 1.95 bits per heavy atom. The zero-order valence-corrected chi connectivity index (χ0v) is 11.8. The molecule has 3 nitrogen and oxygen atoms in total. The molecule has 0 aromatic heterocycles. The SMILES string of the molecule is CC(C)CCOCCOc1cc(F)cc(CCN)c1. The lowest BCUT2D eigenvalue weighted by Gasteiger charge is -2.09. The Morgan fingerprint density at radius 1 is 1.16 bits per heavy atom. The maximum Gasteiger partial charge on any atom is 0.127 e. The summed E-state index contributed by atoms with van der Waals surface area (Å²) in [7, 11) is 0. The molecule has 0 bridgehead atoms. The van der Waals surface area contributed by atoms with Gasteiger partial charge in [0, 0.05) is 12.7 Å². The van der Waals surface area contributed by atoms with E-state index in [2.05, 4.69) is 13.8 Å². The molecule has 1 rings (SSSR count). The second kappa shape index (κ2) is 8.88. The van der Waals surface area contributed by atoms with Crippen molar-refractivity contribution in [3.05, 3.63) is 29.6 Å². The molecule has 0 fully saturated rings. The average molecular weight is 269 g/mol. The first-order valence-corrected chi connectivity index (χ1v) is 6.82. The van der Waals surface area contributed by atoms with Crippen molar-refractivity contribution in [2.45, 2.75) is 26.7 Å². The van der Waals surface area contributed by atoms with Crippen LogP contribution in [0.3, 0.4) is 0 Å². The molecule has 1 aromatic carbocycles. The quantitative estimate of drug-likeness (QED) is 0.701. The van der Waals surface area contributed by atoms with Crippen LogP contribution in [-0.4, -0.2) is 26.4 Å². The fraction of sp³-hybridized carbons (Fsp3) is 0.600. The first kappa shape index (κ1) is 15.9. The van der Waals surface area contributed by atoms with Gasteiger partial charge in [-0.05, 0) is 43.0 Å². The van der Waals surface area contributed by atoms with Gasteiger partial charge in [0.1, 0.15) is 18.2 Å². The van der Waals surface area contributed by atoms with Gasteiger partial charge in [0.2, 0.25) is 0 Å². The first-order chi connectivity index (χ1) is 9.11. The highest BCUT2D eigenvalue weighted by atomic mass is 19.1.